The van der Waals surface area contributed by atoms with Gasteiger partial charge in [-0.15, -0.1) is 0 Å². The van der Waals surface area contributed by atoms with Crippen molar-refractivity contribution >= 4 is 23.6 Å². The number of hydrogen-bond acceptors (Lipinski definition) is 6. The average molecular weight is 546 g/mol. The van der Waals surface area contributed by atoms with E-state index in [0.29, 0.717) is 49.5 Å². The normalized spacial score (nSPS) is 19.9. The molecule has 0 radical (unpaired) electrons. The van der Waals surface area contributed by atoms with Gasteiger partial charge in [-0.3, -0.25) is 9.59 Å². The lowest BCUT2D eigenvalue weighted by molar-refractivity contribution is -0.130. The van der Waals surface area contributed by atoms with Gasteiger partial charge < -0.3 is 25.8 Å². The number of carbonyl (C=O) groups excluding carboxylic acids is 2. The molecule has 2 amide bonds. The summed E-state index contributed by atoms with van der Waals surface area (Å²) < 4.78 is 20.1. The van der Waals surface area contributed by atoms with E-state index >= 15 is 0 Å². The molecule has 1 aliphatic rings. The number of aryl methyl sites for hydroxylation is 1. The fourth-order valence-electron chi connectivity index (χ4n) is 4.46. The zero-order valence-corrected chi connectivity index (χ0v) is 23.1. The molecular weight excluding hydrogens is 505 g/mol. The molecule has 7 nitrogen and oxygen atoms in total. The van der Waals surface area contributed by atoms with Gasteiger partial charge in [0.2, 0.25) is 11.8 Å². The third-order valence-corrected chi connectivity index (χ3v) is 7.23. The van der Waals surface area contributed by atoms with Crippen molar-refractivity contribution in [2.45, 2.75) is 70.2 Å². The van der Waals surface area contributed by atoms with Crippen LogP contribution in [0.5, 0.6) is 5.75 Å². The van der Waals surface area contributed by atoms with Crippen molar-refractivity contribution in [3.8, 4) is 5.75 Å². The number of nitrogens with one attached hydrogen (secondary N) is 3. The Labute approximate surface area is 229 Å². The van der Waals surface area contributed by atoms with Gasteiger partial charge in [-0.25, -0.2) is 4.39 Å². The predicted octanol–water partition coefficient (Wildman–Crippen LogP) is 3.37. The smallest absolute Gasteiger partial charge is 0.242 e. The summed E-state index contributed by atoms with van der Waals surface area (Å²) >= 11 is 1.59. The SMILES string of the molecule is CCc1cccc(CNC[C@@H](O)[C@@H]2Cc3cc(F)cc(c3)OCCCCC(=O)NC(CCSC)C(=O)N2)c1. The van der Waals surface area contributed by atoms with Crippen molar-refractivity contribution in [3.63, 3.8) is 0 Å². The number of aliphatic hydroxyl groups is 1. The number of benzene rings is 2. The van der Waals surface area contributed by atoms with E-state index in [9.17, 15) is 19.1 Å². The molecule has 2 aromatic rings. The van der Waals surface area contributed by atoms with Gasteiger partial charge in [0.05, 0.1) is 18.8 Å². The molecule has 0 aromatic heterocycles. The van der Waals surface area contributed by atoms with Gasteiger partial charge in [0.1, 0.15) is 17.6 Å². The number of hydrogen-bond donors (Lipinski definition) is 4. The van der Waals surface area contributed by atoms with Gasteiger partial charge in [-0.1, -0.05) is 31.2 Å². The Morgan fingerprint density at radius 1 is 1.16 bits per heavy atom. The van der Waals surface area contributed by atoms with Gasteiger partial charge in [-0.05, 0) is 72.9 Å². The highest BCUT2D eigenvalue weighted by molar-refractivity contribution is 7.98. The minimum Gasteiger partial charge on any atom is -0.493 e. The molecule has 1 aliphatic heterocycles. The second-order valence-electron chi connectivity index (χ2n) is 9.69. The monoisotopic (exact) mass is 545 g/mol. The van der Waals surface area contributed by atoms with Crippen LogP contribution in [-0.2, 0) is 29.0 Å². The summed E-state index contributed by atoms with van der Waals surface area (Å²) in [5, 5.41) is 20.2. The molecule has 1 heterocycles. The Balaban J connectivity index is 1.78. The van der Waals surface area contributed by atoms with Crippen molar-refractivity contribution in [2.75, 3.05) is 25.2 Å². The van der Waals surface area contributed by atoms with E-state index in [1.807, 2.05) is 18.4 Å². The first-order valence-corrected chi connectivity index (χ1v) is 14.7. The van der Waals surface area contributed by atoms with E-state index in [1.54, 1.807) is 17.8 Å². The zero-order chi connectivity index (χ0) is 27.3. The maximum absolute atomic E-state index is 14.4. The molecule has 2 aromatic carbocycles. The van der Waals surface area contributed by atoms with Crippen molar-refractivity contribution in [3.05, 3.63) is 65.0 Å². The third kappa shape index (κ3) is 9.93. The molecule has 3 atom stereocenters. The van der Waals surface area contributed by atoms with Crippen LogP contribution in [-0.4, -0.2) is 60.3 Å². The van der Waals surface area contributed by atoms with Gasteiger partial charge >= 0.3 is 0 Å². The number of thioether (sulfide) groups is 1. The number of aliphatic hydroxyl groups excluding tert-OH is 1. The molecule has 2 bridgehead atoms. The number of halogens is 1. The quantitative estimate of drug-likeness (QED) is 0.386. The maximum atomic E-state index is 14.4. The number of ether oxygens (including phenoxy) is 1. The van der Waals surface area contributed by atoms with Crippen LogP contribution in [0.2, 0.25) is 0 Å². The van der Waals surface area contributed by atoms with Crippen molar-refractivity contribution < 1.29 is 23.8 Å². The zero-order valence-electron chi connectivity index (χ0n) is 22.3. The molecule has 3 rings (SSSR count). The number of rotatable bonds is 9. The van der Waals surface area contributed by atoms with Crippen LogP contribution in [0.4, 0.5) is 4.39 Å². The lowest BCUT2D eigenvalue weighted by Crippen LogP contribution is -2.55. The highest BCUT2D eigenvalue weighted by atomic mass is 32.2. The van der Waals surface area contributed by atoms with Crippen LogP contribution in [0.3, 0.4) is 0 Å². The molecule has 208 valence electrons. The summed E-state index contributed by atoms with van der Waals surface area (Å²) in [5.41, 5.74) is 2.95. The first-order chi connectivity index (χ1) is 18.4. The van der Waals surface area contributed by atoms with Crippen LogP contribution < -0.4 is 20.7 Å². The summed E-state index contributed by atoms with van der Waals surface area (Å²) in [4.78, 5) is 25.8. The lowest BCUT2D eigenvalue weighted by Gasteiger charge is -2.27. The van der Waals surface area contributed by atoms with Crippen LogP contribution in [0.25, 0.3) is 0 Å². The predicted molar refractivity (Wildman–Crippen MR) is 150 cm³/mol. The molecule has 0 saturated carbocycles. The summed E-state index contributed by atoms with van der Waals surface area (Å²) in [5.74, 6) is 0.108. The summed E-state index contributed by atoms with van der Waals surface area (Å²) in [6.45, 7) is 3.25. The molecule has 38 heavy (non-hydrogen) atoms. The highest BCUT2D eigenvalue weighted by Crippen LogP contribution is 2.20. The van der Waals surface area contributed by atoms with E-state index in [2.05, 4.69) is 35.0 Å². The van der Waals surface area contributed by atoms with E-state index in [-0.39, 0.29) is 31.2 Å². The molecule has 4 N–H and O–H groups in total. The first-order valence-electron chi connectivity index (χ1n) is 13.4. The fourth-order valence-corrected chi connectivity index (χ4v) is 4.93. The molecule has 9 heteroatoms. The van der Waals surface area contributed by atoms with Crippen LogP contribution in [0, 0.1) is 5.82 Å². The Hall–Kier alpha value is -2.62. The van der Waals surface area contributed by atoms with Crippen LogP contribution in [0.15, 0.2) is 42.5 Å². The molecule has 0 spiro atoms. The van der Waals surface area contributed by atoms with E-state index in [0.717, 1.165) is 12.0 Å². The summed E-state index contributed by atoms with van der Waals surface area (Å²) in [6.07, 6.45) is 4.12. The number of carbonyl (C=O) groups is 2. The maximum Gasteiger partial charge on any atom is 0.242 e. The third-order valence-electron chi connectivity index (χ3n) is 6.59. The molecule has 0 saturated heterocycles. The topological polar surface area (TPSA) is 99.7 Å². The molecule has 0 fully saturated rings. The lowest BCUT2D eigenvalue weighted by atomic mass is 9.99. The minimum atomic E-state index is -0.950. The Morgan fingerprint density at radius 2 is 1.97 bits per heavy atom. The first kappa shape index (κ1) is 29.9. The molecular formula is C29H40FN3O4S. The second-order valence-corrected chi connectivity index (χ2v) is 10.7. The van der Waals surface area contributed by atoms with Gasteiger partial charge in [0.25, 0.3) is 0 Å². The largest absolute Gasteiger partial charge is 0.493 e. The van der Waals surface area contributed by atoms with Crippen molar-refractivity contribution in [1.82, 2.24) is 16.0 Å². The van der Waals surface area contributed by atoms with Gasteiger partial charge in [-0.2, -0.15) is 11.8 Å². The number of fused-ring (bicyclic) bond motifs is 2. The highest BCUT2D eigenvalue weighted by Gasteiger charge is 2.27. The molecule has 1 unspecified atom stereocenters. The Morgan fingerprint density at radius 3 is 2.76 bits per heavy atom. The van der Waals surface area contributed by atoms with Crippen LogP contribution in [0.1, 0.15) is 49.3 Å². The summed E-state index contributed by atoms with van der Waals surface area (Å²) in [7, 11) is 0. The Kier molecular flexibility index (Phi) is 12.4. The van der Waals surface area contributed by atoms with Crippen molar-refractivity contribution in [2.24, 2.45) is 0 Å². The summed E-state index contributed by atoms with van der Waals surface area (Å²) in [6, 6.07) is 11.3. The van der Waals surface area contributed by atoms with Gasteiger partial charge in [0, 0.05) is 25.6 Å². The fraction of sp³-hybridized carbons (Fsp3) is 0.517. The second kappa shape index (κ2) is 15.7. The van der Waals surface area contributed by atoms with Crippen LogP contribution >= 0.6 is 11.8 Å². The Bertz CT molecular complexity index is 1050. The van der Waals surface area contributed by atoms with E-state index in [4.69, 9.17) is 4.74 Å². The molecule has 0 aliphatic carbocycles. The van der Waals surface area contributed by atoms with E-state index < -0.39 is 24.0 Å². The van der Waals surface area contributed by atoms with Crippen molar-refractivity contribution in [1.29, 1.82) is 0 Å². The average Bonchev–Trinajstić information content (AvgIpc) is 2.90. The van der Waals surface area contributed by atoms with E-state index in [1.165, 1.54) is 17.7 Å². The standard InChI is InChI=1S/C29H40FN3O4S/c1-3-20-7-6-8-21(13-20)18-31-19-27(34)26-16-22-14-23(30)17-24(15-22)37-11-5-4-9-28(35)32-25(10-12-38-2)29(36)33-26/h6-8,13-15,17,25-27,31,34H,3-5,9-12,16,18-19H2,1-2H3,(H,32,35)(H,33,36)/t25?,26-,27+/m0/s1. The minimum absolute atomic E-state index is 0.194. The number of amides is 2. The van der Waals surface area contributed by atoms with Gasteiger partial charge in [0.15, 0.2) is 0 Å².